The largest absolute Gasteiger partial charge is 0.316 e. The number of nitrogens with zero attached hydrogens (tertiary/aromatic N) is 1. The first-order chi connectivity index (χ1) is 9.69. The van der Waals surface area contributed by atoms with E-state index in [9.17, 15) is 0 Å². The Morgan fingerprint density at radius 1 is 1.45 bits per heavy atom. The van der Waals surface area contributed by atoms with Crippen LogP contribution in [0, 0.1) is 5.92 Å². The molecule has 1 atom stereocenters. The highest BCUT2D eigenvalue weighted by Gasteiger charge is 2.17. The number of hydrogen-bond acceptors (Lipinski definition) is 2. The molecule has 1 aliphatic heterocycles. The van der Waals surface area contributed by atoms with Gasteiger partial charge in [0.2, 0.25) is 0 Å². The standard InChI is InChI=1S/C16H24BrClN2/c1-2-8-20(11-13-4-3-7-19-10-13)12-14-5-6-15(17)9-16(14)18/h5-6,9,13,19H,2-4,7-8,10-12H2,1H3. The Bertz CT molecular complexity index is 419. The average Bonchev–Trinajstić information content (AvgIpc) is 2.43. The Morgan fingerprint density at radius 3 is 2.95 bits per heavy atom. The van der Waals surface area contributed by atoms with E-state index in [-0.39, 0.29) is 0 Å². The molecule has 112 valence electrons. The molecule has 1 saturated heterocycles. The quantitative estimate of drug-likeness (QED) is 0.814. The summed E-state index contributed by atoms with van der Waals surface area (Å²) in [6.45, 7) is 7.86. The number of halogens is 2. The van der Waals surface area contributed by atoms with Gasteiger partial charge in [-0.15, -0.1) is 0 Å². The average molecular weight is 360 g/mol. The molecule has 0 bridgehead atoms. The minimum Gasteiger partial charge on any atom is -0.316 e. The van der Waals surface area contributed by atoms with Crippen molar-refractivity contribution in [2.45, 2.75) is 32.7 Å². The van der Waals surface area contributed by atoms with Crippen molar-refractivity contribution in [1.29, 1.82) is 0 Å². The van der Waals surface area contributed by atoms with Crippen molar-refractivity contribution in [2.75, 3.05) is 26.2 Å². The topological polar surface area (TPSA) is 15.3 Å². The first-order valence-electron chi connectivity index (χ1n) is 7.56. The van der Waals surface area contributed by atoms with Gasteiger partial charge in [0, 0.05) is 22.6 Å². The van der Waals surface area contributed by atoms with Crippen LogP contribution >= 0.6 is 27.5 Å². The van der Waals surface area contributed by atoms with Gasteiger partial charge >= 0.3 is 0 Å². The van der Waals surface area contributed by atoms with Gasteiger partial charge in [0.05, 0.1) is 0 Å². The molecule has 1 aromatic carbocycles. The highest BCUT2D eigenvalue weighted by Crippen LogP contribution is 2.23. The molecule has 1 fully saturated rings. The number of hydrogen-bond donors (Lipinski definition) is 1. The minimum atomic E-state index is 0.782. The summed E-state index contributed by atoms with van der Waals surface area (Å²) in [6.07, 6.45) is 3.85. The molecule has 1 aromatic rings. The molecule has 2 nitrogen and oxygen atoms in total. The first kappa shape index (κ1) is 16.3. The summed E-state index contributed by atoms with van der Waals surface area (Å²) in [5.74, 6) is 0.782. The van der Waals surface area contributed by atoms with Crippen molar-refractivity contribution >= 4 is 27.5 Å². The zero-order chi connectivity index (χ0) is 14.4. The molecule has 4 heteroatoms. The number of benzene rings is 1. The highest BCUT2D eigenvalue weighted by atomic mass is 79.9. The number of rotatable bonds is 6. The SMILES string of the molecule is CCCN(Cc1ccc(Br)cc1Cl)CC1CCCNC1. The smallest absolute Gasteiger partial charge is 0.0462 e. The van der Waals surface area contributed by atoms with Crippen LogP contribution in [-0.2, 0) is 6.54 Å². The van der Waals surface area contributed by atoms with Crippen molar-refractivity contribution in [3.63, 3.8) is 0 Å². The van der Waals surface area contributed by atoms with E-state index >= 15 is 0 Å². The molecule has 2 rings (SSSR count). The van der Waals surface area contributed by atoms with E-state index in [2.05, 4.69) is 45.2 Å². The second-order valence-electron chi connectivity index (χ2n) is 5.68. The van der Waals surface area contributed by atoms with E-state index in [4.69, 9.17) is 11.6 Å². The summed E-state index contributed by atoms with van der Waals surface area (Å²) in [6, 6.07) is 6.20. The van der Waals surface area contributed by atoms with Gasteiger partial charge in [-0.05, 0) is 62.5 Å². The Balaban J connectivity index is 1.96. The van der Waals surface area contributed by atoms with E-state index < -0.39 is 0 Å². The lowest BCUT2D eigenvalue weighted by molar-refractivity contribution is 0.201. The van der Waals surface area contributed by atoms with Crippen LogP contribution < -0.4 is 5.32 Å². The molecule has 20 heavy (non-hydrogen) atoms. The first-order valence-corrected chi connectivity index (χ1v) is 8.73. The third-order valence-corrected chi connectivity index (χ3v) is 4.71. The summed E-state index contributed by atoms with van der Waals surface area (Å²) in [5, 5.41) is 4.37. The summed E-state index contributed by atoms with van der Waals surface area (Å²) in [5.41, 5.74) is 1.23. The zero-order valence-corrected chi connectivity index (χ0v) is 14.5. The molecular weight excluding hydrogens is 336 g/mol. The van der Waals surface area contributed by atoms with Gasteiger partial charge in [-0.2, -0.15) is 0 Å². The fourth-order valence-corrected chi connectivity index (χ4v) is 3.62. The normalized spacial score (nSPS) is 19.5. The zero-order valence-electron chi connectivity index (χ0n) is 12.2. The lowest BCUT2D eigenvalue weighted by Gasteiger charge is -2.30. The van der Waals surface area contributed by atoms with Gasteiger partial charge in [0.25, 0.3) is 0 Å². The molecule has 0 aliphatic carbocycles. The molecule has 0 saturated carbocycles. The fraction of sp³-hybridized carbons (Fsp3) is 0.625. The van der Waals surface area contributed by atoms with Crippen molar-refractivity contribution in [3.8, 4) is 0 Å². The van der Waals surface area contributed by atoms with Crippen molar-refractivity contribution in [1.82, 2.24) is 10.2 Å². The monoisotopic (exact) mass is 358 g/mol. The van der Waals surface area contributed by atoms with E-state index in [0.717, 1.165) is 35.0 Å². The second kappa shape index (κ2) is 8.38. The second-order valence-corrected chi connectivity index (χ2v) is 7.01. The van der Waals surface area contributed by atoms with Crippen LogP contribution in [-0.4, -0.2) is 31.1 Å². The summed E-state index contributed by atoms with van der Waals surface area (Å²) >= 11 is 9.81. The molecular formula is C16H24BrClN2. The Morgan fingerprint density at radius 2 is 2.30 bits per heavy atom. The number of piperidine rings is 1. The van der Waals surface area contributed by atoms with E-state index in [1.807, 2.05) is 6.07 Å². The van der Waals surface area contributed by atoms with Gasteiger partial charge in [0.15, 0.2) is 0 Å². The fourth-order valence-electron chi connectivity index (χ4n) is 2.89. The van der Waals surface area contributed by atoms with Crippen molar-refractivity contribution in [2.24, 2.45) is 5.92 Å². The van der Waals surface area contributed by atoms with Crippen molar-refractivity contribution in [3.05, 3.63) is 33.3 Å². The third-order valence-electron chi connectivity index (χ3n) is 3.86. The maximum absolute atomic E-state index is 6.35. The molecule has 1 heterocycles. The van der Waals surface area contributed by atoms with E-state index in [0.29, 0.717) is 0 Å². The summed E-state index contributed by atoms with van der Waals surface area (Å²) < 4.78 is 1.05. The molecule has 1 unspecified atom stereocenters. The summed E-state index contributed by atoms with van der Waals surface area (Å²) in [4.78, 5) is 2.55. The lowest BCUT2D eigenvalue weighted by Crippen LogP contribution is -2.38. The maximum atomic E-state index is 6.35. The van der Waals surface area contributed by atoms with Crippen LogP contribution in [0.15, 0.2) is 22.7 Å². The maximum Gasteiger partial charge on any atom is 0.0462 e. The third kappa shape index (κ3) is 5.03. The summed E-state index contributed by atoms with van der Waals surface area (Å²) in [7, 11) is 0. The lowest BCUT2D eigenvalue weighted by atomic mass is 9.98. The van der Waals surface area contributed by atoms with E-state index in [1.54, 1.807) is 0 Å². The molecule has 1 N–H and O–H groups in total. The van der Waals surface area contributed by atoms with Crippen LogP contribution in [0.1, 0.15) is 31.7 Å². The molecule has 0 amide bonds. The molecule has 0 radical (unpaired) electrons. The van der Waals surface area contributed by atoms with Crippen LogP contribution in [0.4, 0.5) is 0 Å². The van der Waals surface area contributed by atoms with E-state index in [1.165, 1.54) is 37.9 Å². The van der Waals surface area contributed by atoms with Gasteiger partial charge in [0.1, 0.15) is 0 Å². The highest BCUT2D eigenvalue weighted by molar-refractivity contribution is 9.10. The molecule has 1 aliphatic rings. The predicted octanol–water partition coefficient (Wildman–Crippen LogP) is 4.31. The van der Waals surface area contributed by atoms with Gasteiger partial charge < -0.3 is 5.32 Å². The predicted molar refractivity (Wildman–Crippen MR) is 90.3 cm³/mol. The van der Waals surface area contributed by atoms with Crippen LogP contribution in [0.3, 0.4) is 0 Å². The Labute approximate surface area is 136 Å². The van der Waals surface area contributed by atoms with Gasteiger partial charge in [-0.1, -0.05) is 40.5 Å². The van der Waals surface area contributed by atoms with Crippen LogP contribution in [0.5, 0.6) is 0 Å². The van der Waals surface area contributed by atoms with Gasteiger partial charge in [-0.25, -0.2) is 0 Å². The molecule has 0 spiro atoms. The Kier molecular flexibility index (Phi) is 6.82. The van der Waals surface area contributed by atoms with Crippen molar-refractivity contribution < 1.29 is 0 Å². The molecule has 0 aromatic heterocycles. The minimum absolute atomic E-state index is 0.782. The Hall–Kier alpha value is -0.0900. The van der Waals surface area contributed by atoms with Crippen LogP contribution in [0.25, 0.3) is 0 Å². The number of nitrogens with one attached hydrogen (secondary N) is 1. The van der Waals surface area contributed by atoms with Crippen LogP contribution in [0.2, 0.25) is 5.02 Å². The van der Waals surface area contributed by atoms with Gasteiger partial charge in [-0.3, -0.25) is 4.90 Å².